The summed E-state index contributed by atoms with van der Waals surface area (Å²) in [6.45, 7) is 6.28. The Labute approximate surface area is 124 Å². The predicted molar refractivity (Wildman–Crippen MR) is 81.2 cm³/mol. The third kappa shape index (κ3) is 2.33. The average molecular weight is 284 g/mol. The molecule has 0 amide bonds. The summed E-state index contributed by atoms with van der Waals surface area (Å²) >= 11 is 0. The number of benzene rings is 1. The molecule has 21 heavy (non-hydrogen) atoms. The van der Waals surface area contributed by atoms with Gasteiger partial charge in [-0.15, -0.1) is 0 Å². The highest BCUT2D eigenvalue weighted by atomic mass is 16.5. The normalized spacial score (nSPS) is 12.9. The van der Waals surface area contributed by atoms with E-state index in [0.29, 0.717) is 5.89 Å². The van der Waals surface area contributed by atoms with Crippen LogP contribution in [0.1, 0.15) is 50.8 Å². The Morgan fingerprint density at radius 3 is 2.57 bits per heavy atom. The molecule has 3 aromatic rings. The molecule has 1 unspecified atom stereocenters. The van der Waals surface area contributed by atoms with E-state index in [-0.39, 0.29) is 6.04 Å². The SMILES string of the molecule is CCc1noc(C(CC)n2c(CC)nc3ccccc32)n1. The molecule has 0 aliphatic rings. The molecule has 1 aromatic carbocycles. The number of rotatable bonds is 5. The van der Waals surface area contributed by atoms with E-state index < -0.39 is 0 Å². The molecule has 0 saturated carbocycles. The van der Waals surface area contributed by atoms with Gasteiger partial charge in [0.15, 0.2) is 5.82 Å². The van der Waals surface area contributed by atoms with E-state index >= 15 is 0 Å². The monoisotopic (exact) mass is 284 g/mol. The van der Waals surface area contributed by atoms with Crippen LogP contribution >= 0.6 is 0 Å². The summed E-state index contributed by atoms with van der Waals surface area (Å²) in [5.74, 6) is 2.48. The standard InChI is InChI=1S/C16H20N4O/c1-4-12(16-18-14(5-2)19-21-16)20-13-10-8-7-9-11(13)17-15(20)6-3/h7-10,12H,4-6H2,1-3H3. The first-order valence-corrected chi connectivity index (χ1v) is 7.56. The van der Waals surface area contributed by atoms with Gasteiger partial charge in [-0.2, -0.15) is 4.98 Å². The topological polar surface area (TPSA) is 56.7 Å². The van der Waals surface area contributed by atoms with E-state index in [1.807, 2.05) is 25.1 Å². The molecule has 0 bridgehead atoms. The summed E-state index contributed by atoms with van der Waals surface area (Å²) in [4.78, 5) is 9.24. The van der Waals surface area contributed by atoms with E-state index in [1.165, 1.54) is 0 Å². The molecule has 3 rings (SSSR count). The second-order valence-corrected chi connectivity index (χ2v) is 5.07. The van der Waals surface area contributed by atoms with Gasteiger partial charge in [0.25, 0.3) is 0 Å². The van der Waals surface area contributed by atoms with Crippen molar-refractivity contribution >= 4 is 11.0 Å². The van der Waals surface area contributed by atoms with E-state index in [1.54, 1.807) is 0 Å². The van der Waals surface area contributed by atoms with Gasteiger partial charge in [-0.1, -0.05) is 38.1 Å². The van der Waals surface area contributed by atoms with Crippen molar-refractivity contribution in [3.63, 3.8) is 0 Å². The highest BCUT2D eigenvalue weighted by molar-refractivity contribution is 5.76. The highest BCUT2D eigenvalue weighted by Gasteiger charge is 2.23. The third-order valence-electron chi connectivity index (χ3n) is 3.77. The second kappa shape index (κ2) is 5.68. The molecular weight excluding hydrogens is 264 g/mol. The summed E-state index contributed by atoms with van der Waals surface area (Å²) in [6, 6.07) is 8.24. The van der Waals surface area contributed by atoms with Gasteiger partial charge in [-0.25, -0.2) is 4.98 Å². The molecule has 0 fully saturated rings. The Hall–Kier alpha value is -2.17. The smallest absolute Gasteiger partial charge is 0.249 e. The van der Waals surface area contributed by atoms with Crippen molar-refractivity contribution in [3.8, 4) is 0 Å². The first kappa shape index (κ1) is 13.8. The molecular formula is C16H20N4O. The predicted octanol–water partition coefficient (Wildman–Crippen LogP) is 3.54. The Bertz CT molecular complexity index is 744. The molecule has 0 saturated heterocycles. The van der Waals surface area contributed by atoms with Crippen LogP contribution in [0.15, 0.2) is 28.8 Å². The van der Waals surface area contributed by atoms with Crippen molar-refractivity contribution in [1.82, 2.24) is 19.7 Å². The van der Waals surface area contributed by atoms with Crippen molar-refractivity contribution in [1.29, 1.82) is 0 Å². The minimum Gasteiger partial charge on any atom is -0.337 e. The first-order chi connectivity index (χ1) is 10.3. The van der Waals surface area contributed by atoms with Crippen molar-refractivity contribution in [3.05, 3.63) is 41.8 Å². The van der Waals surface area contributed by atoms with Crippen LogP contribution in [0.25, 0.3) is 11.0 Å². The van der Waals surface area contributed by atoms with Crippen LogP contribution in [0.4, 0.5) is 0 Å². The maximum atomic E-state index is 5.47. The van der Waals surface area contributed by atoms with E-state index in [9.17, 15) is 0 Å². The van der Waals surface area contributed by atoms with Crippen LogP contribution in [-0.2, 0) is 12.8 Å². The van der Waals surface area contributed by atoms with Gasteiger partial charge in [0.2, 0.25) is 5.89 Å². The average Bonchev–Trinajstić information content (AvgIpc) is 3.13. The zero-order valence-electron chi connectivity index (χ0n) is 12.7. The summed E-state index contributed by atoms with van der Waals surface area (Å²) in [7, 11) is 0. The van der Waals surface area contributed by atoms with Gasteiger partial charge in [-0.3, -0.25) is 0 Å². The molecule has 5 nitrogen and oxygen atoms in total. The lowest BCUT2D eigenvalue weighted by atomic mass is 10.2. The lowest BCUT2D eigenvalue weighted by molar-refractivity contribution is 0.329. The number of imidazole rings is 1. The van der Waals surface area contributed by atoms with E-state index in [4.69, 9.17) is 9.51 Å². The minimum absolute atomic E-state index is 0.0418. The zero-order chi connectivity index (χ0) is 14.8. The van der Waals surface area contributed by atoms with Gasteiger partial charge >= 0.3 is 0 Å². The molecule has 2 heterocycles. The highest BCUT2D eigenvalue weighted by Crippen LogP contribution is 2.28. The van der Waals surface area contributed by atoms with Crippen LogP contribution in [0.3, 0.4) is 0 Å². The number of hydrogen-bond acceptors (Lipinski definition) is 4. The van der Waals surface area contributed by atoms with Crippen molar-refractivity contribution in [2.75, 3.05) is 0 Å². The number of hydrogen-bond donors (Lipinski definition) is 0. The van der Waals surface area contributed by atoms with Crippen molar-refractivity contribution < 1.29 is 4.52 Å². The molecule has 0 N–H and O–H groups in total. The lowest BCUT2D eigenvalue weighted by Gasteiger charge is -2.16. The van der Waals surface area contributed by atoms with Gasteiger partial charge in [0, 0.05) is 12.8 Å². The molecule has 0 radical (unpaired) electrons. The number of aryl methyl sites for hydroxylation is 2. The molecule has 0 aliphatic carbocycles. The van der Waals surface area contributed by atoms with Crippen LogP contribution < -0.4 is 0 Å². The maximum Gasteiger partial charge on any atom is 0.249 e. The summed E-state index contributed by atoms with van der Waals surface area (Å²) in [5, 5.41) is 4.03. The maximum absolute atomic E-state index is 5.47. The first-order valence-electron chi connectivity index (χ1n) is 7.56. The number of nitrogens with zero attached hydrogens (tertiary/aromatic N) is 4. The Kier molecular flexibility index (Phi) is 3.73. The van der Waals surface area contributed by atoms with Crippen LogP contribution in [0.5, 0.6) is 0 Å². The molecule has 0 aliphatic heterocycles. The second-order valence-electron chi connectivity index (χ2n) is 5.07. The quantitative estimate of drug-likeness (QED) is 0.719. The summed E-state index contributed by atoms with van der Waals surface area (Å²) < 4.78 is 7.71. The minimum atomic E-state index is 0.0418. The number of para-hydroxylation sites is 2. The van der Waals surface area contributed by atoms with Gasteiger partial charge in [0.05, 0.1) is 11.0 Å². The summed E-state index contributed by atoms with van der Waals surface area (Å²) in [6.07, 6.45) is 2.55. The fraction of sp³-hybridized carbons (Fsp3) is 0.438. The molecule has 1 atom stereocenters. The Morgan fingerprint density at radius 2 is 1.90 bits per heavy atom. The lowest BCUT2D eigenvalue weighted by Crippen LogP contribution is -2.13. The van der Waals surface area contributed by atoms with Crippen LogP contribution in [0, 0.1) is 0 Å². The van der Waals surface area contributed by atoms with E-state index in [0.717, 1.165) is 41.9 Å². The van der Waals surface area contributed by atoms with Crippen LogP contribution in [0.2, 0.25) is 0 Å². The Morgan fingerprint density at radius 1 is 1.10 bits per heavy atom. The number of aromatic nitrogens is 4. The van der Waals surface area contributed by atoms with E-state index in [2.05, 4.69) is 34.6 Å². The Balaban J connectivity index is 2.15. The molecule has 2 aromatic heterocycles. The summed E-state index contributed by atoms with van der Waals surface area (Å²) in [5.41, 5.74) is 2.14. The largest absolute Gasteiger partial charge is 0.337 e. The number of fused-ring (bicyclic) bond motifs is 1. The fourth-order valence-electron chi connectivity index (χ4n) is 2.71. The zero-order valence-corrected chi connectivity index (χ0v) is 12.7. The van der Waals surface area contributed by atoms with Crippen molar-refractivity contribution in [2.24, 2.45) is 0 Å². The molecule has 110 valence electrons. The van der Waals surface area contributed by atoms with Gasteiger partial charge in [0.1, 0.15) is 11.9 Å². The van der Waals surface area contributed by atoms with Crippen LogP contribution in [-0.4, -0.2) is 19.7 Å². The van der Waals surface area contributed by atoms with Crippen molar-refractivity contribution in [2.45, 2.75) is 46.1 Å². The fourth-order valence-corrected chi connectivity index (χ4v) is 2.71. The third-order valence-corrected chi connectivity index (χ3v) is 3.77. The molecule has 5 heteroatoms. The van der Waals surface area contributed by atoms with Gasteiger partial charge < -0.3 is 9.09 Å². The molecule has 0 spiro atoms. The van der Waals surface area contributed by atoms with Gasteiger partial charge in [-0.05, 0) is 18.6 Å².